The van der Waals surface area contributed by atoms with Crippen LogP contribution in [0.15, 0.2) is 12.1 Å². The SMILES string of the molecule is C1=Cn2c(cc3c2CCCN3)C1. The molecular formula is C10H12N2. The summed E-state index contributed by atoms with van der Waals surface area (Å²) in [5, 5.41) is 3.44. The molecule has 2 heteroatoms. The van der Waals surface area contributed by atoms with Crippen LogP contribution < -0.4 is 5.32 Å². The Balaban J connectivity index is 2.20. The van der Waals surface area contributed by atoms with E-state index in [0.717, 1.165) is 13.0 Å². The maximum absolute atomic E-state index is 3.44. The summed E-state index contributed by atoms with van der Waals surface area (Å²) in [6.45, 7) is 1.14. The third-order valence-electron chi connectivity index (χ3n) is 2.71. The summed E-state index contributed by atoms with van der Waals surface area (Å²) in [5.74, 6) is 0. The third-order valence-corrected chi connectivity index (χ3v) is 2.71. The molecule has 0 bridgehead atoms. The number of allylic oxidation sites excluding steroid dienone is 1. The van der Waals surface area contributed by atoms with E-state index in [9.17, 15) is 0 Å². The average Bonchev–Trinajstić information content (AvgIpc) is 2.62. The molecule has 3 heterocycles. The van der Waals surface area contributed by atoms with Crippen molar-refractivity contribution in [2.24, 2.45) is 0 Å². The number of fused-ring (bicyclic) bond motifs is 3. The highest BCUT2D eigenvalue weighted by atomic mass is 15.0. The largest absolute Gasteiger partial charge is 0.384 e. The number of nitrogens with zero attached hydrogens (tertiary/aromatic N) is 1. The van der Waals surface area contributed by atoms with E-state index in [-0.39, 0.29) is 0 Å². The number of anilines is 1. The Kier molecular flexibility index (Phi) is 1.14. The van der Waals surface area contributed by atoms with E-state index in [4.69, 9.17) is 0 Å². The molecule has 1 N–H and O–H groups in total. The predicted molar refractivity (Wildman–Crippen MR) is 50.3 cm³/mol. The zero-order chi connectivity index (χ0) is 7.97. The maximum atomic E-state index is 3.44. The molecule has 0 spiro atoms. The van der Waals surface area contributed by atoms with E-state index in [2.05, 4.69) is 28.2 Å². The second kappa shape index (κ2) is 2.16. The van der Waals surface area contributed by atoms with E-state index in [1.165, 1.54) is 29.9 Å². The van der Waals surface area contributed by atoms with Gasteiger partial charge in [0, 0.05) is 30.6 Å². The molecule has 2 nitrogen and oxygen atoms in total. The van der Waals surface area contributed by atoms with Gasteiger partial charge < -0.3 is 9.88 Å². The lowest BCUT2D eigenvalue weighted by molar-refractivity contribution is 0.789. The van der Waals surface area contributed by atoms with Crippen molar-refractivity contribution in [2.45, 2.75) is 19.3 Å². The van der Waals surface area contributed by atoms with Crippen LogP contribution in [0.25, 0.3) is 6.20 Å². The first-order valence-corrected chi connectivity index (χ1v) is 4.59. The van der Waals surface area contributed by atoms with Gasteiger partial charge in [0.2, 0.25) is 0 Å². The summed E-state index contributed by atoms with van der Waals surface area (Å²) in [7, 11) is 0. The Morgan fingerprint density at radius 3 is 3.42 bits per heavy atom. The van der Waals surface area contributed by atoms with Crippen molar-refractivity contribution in [2.75, 3.05) is 11.9 Å². The predicted octanol–water partition coefficient (Wildman–Crippen LogP) is 1.87. The molecule has 0 atom stereocenters. The lowest BCUT2D eigenvalue weighted by atomic mass is 10.1. The van der Waals surface area contributed by atoms with Crippen molar-refractivity contribution in [3.05, 3.63) is 23.5 Å². The third kappa shape index (κ3) is 0.697. The minimum absolute atomic E-state index is 1.11. The Morgan fingerprint density at radius 2 is 2.42 bits per heavy atom. The molecule has 12 heavy (non-hydrogen) atoms. The molecule has 0 radical (unpaired) electrons. The minimum atomic E-state index is 1.11. The van der Waals surface area contributed by atoms with Gasteiger partial charge in [0.05, 0.1) is 5.69 Å². The molecule has 0 unspecified atom stereocenters. The highest BCUT2D eigenvalue weighted by molar-refractivity contribution is 5.59. The Morgan fingerprint density at radius 1 is 1.42 bits per heavy atom. The fraction of sp³-hybridized carbons (Fsp3) is 0.400. The van der Waals surface area contributed by atoms with Gasteiger partial charge in [0.25, 0.3) is 0 Å². The molecule has 1 aromatic rings. The number of hydrogen-bond acceptors (Lipinski definition) is 1. The van der Waals surface area contributed by atoms with Gasteiger partial charge in [-0.3, -0.25) is 0 Å². The van der Waals surface area contributed by atoms with E-state index < -0.39 is 0 Å². The van der Waals surface area contributed by atoms with Gasteiger partial charge in [-0.05, 0) is 18.9 Å². The van der Waals surface area contributed by atoms with Crippen LogP contribution in [-0.4, -0.2) is 11.1 Å². The minimum Gasteiger partial charge on any atom is -0.384 e. The molecular weight excluding hydrogens is 148 g/mol. The molecule has 62 valence electrons. The Labute approximate surface area is 71.9 Å². The van der Waals surface area contributed by atoms with E-state index in [0.29, 0.717) is 0 Å². The monoisotopic (exact) mass is 160 g/mol. The molecule has 0 saturated carbocycles. The normalized spacial score (nSPS) is 18.7. The van der Waals surface area contributed by atoms with Crippen molar-refractivity contribution in [3.63, 3.8) is 0 Å². The molecule has 2 aliphatic rings. The highest BCUT2D eigenvalue weighted by Gasteiger charge is 2.17. The molecule has 2 aliphatic heterocycles. The van der Waals surface area contributed by atoms with Crippen LogP contribution in [-0.2, 0) is 12.8 Å². The van der Waals surface area contributed by atoms with Crippen LogP contribution >= 0.6 is 0 Å². The zero-order valence-electron chi connectivity index (χ0n) is 7.01. The fourth-order valence-electron chi connectivity index (χ4n) is 2.13. The molecule has 0 fully saturated rings. The number of rotatable bonds is 0. The van der Waals surface area contributed by atoms with Gasteiger partial charge in [-0.25, -0.2) is 0 Å². The standard InChI is InChI=1S/C10H12N2/c1-4-10-9(11-5-1)7-8-3-2-6-12(8)10/h2,6-7,11H,1,3-5H2. The van der Waals surface area contributed by atoms with E-state index in [1.54, 1.807) is 0 Å². The van der Waals surface area contributed by atoms with Gasteiger partial charge in [-0.2, -0.15) is 0 Å². The summed E-state index contributed by atoms with van der Waals surface area (Å²) in [4.78, 5) is 0. The lowest BCUT2D eigenvalue weighted by Crippen LogP contribution is -2.12. The maximum Gasteiger partial charge on any atom is 0.0559 e. The quantitative estimate of drug-likeness (QED) is 0.613. The van der Waals surface area contributed by atoms with Crippen molar-refractivity contribution in [1.29, 1.82) is 0 Å². The molecule has 0 aromatic carbocycles. The zero-order valence-corrected chi connectivity index (χ0v) is 7.01. The van der Waals surface area contributed by atoms with Crippen molar-refractivity contribution < 1.29 is 0 Å². The average molecular weight is 160 g/mol. The van der Waals surface area contributed by atoms with Crippen LogP contribution in [0.3, 0.4) is 0 Å². The van der Waals surface area contributed by atoms with Gasteiger partial charge >= 0.3 is 0 Å². The molecule has 0 aliphatic carbocycles. The second-order valence-corrected chi connectivity index (χ2v) is 3.49. The summed E-state index contributed by atoms with van der Waals surface area (Å²) >= 11 is 0. The lowest BCUT2D eigenvalue weighted by Gasteiger charge is -2.15. The summed E-state index contributed by atoms with van der Waals surface area (Å²) in [5.41, 5.74) is 4.28. The second-order valence-electron chi connectivity index (χ2n) is 3.49. The van der Waals surface area contributed by atoms with Crippen molar-refractivity contribution >= 4 is 11.9 Å². The van der Waals surface area contributed by atoms with E-state index in [1.807, 2.05) is 0 Å². The van der Waals surface area contributed by atoms with Crippen LogP contribution in [0.2, 0.25) is 0 Å². The van der Waals surface area contributed by atoms with Crippen molar-refractivity contribution in [3.8, 4) is 0 Å². The topological polar surface area (TPSA) is 17.0 Å². The molecule has 0 saturated heterocycles. The Bertz CT molecular complexity index is 347. The first-order valence-electron chi connectivity index (χ1n) is 4.59. The van der Waals surface area contributed by atoms with Crippen molar-refractivity contribution in [1.82, 2.24) is 4.57 Å². The Hall–Kier alpha value is -1.18. The fourth-order valence-corrected chi connectivity index (χ4v) is 2.13. The van der Waals surface area contributed by atoms with Crippen LogP contribution in [0.5, 0.6) is 0 Å². The number of aromatic nitrogens is 1. The summed E-state index contributed by atoms with van der Waals surface area (Å²) in [6, 6.07) is 2.29. The van der Waals surface area contributed by atoms with Gasteiger partial charge in [0.15, 0.2) is 0 Å². The van der Waals surface area contributed by atoms with E-state index >= 15 is 0 Å². The van der Waals surface area contributed by atoms with Crippen LogP contribution in [0, 0.1) is 0 Å². The molecule has 0 amide bonds. The van der Waals surface area contributed by atoms with Gasteiger partial charge in [0.1, 0.15) is 0 Å². The number of nitrogens with one attached hydrogen (secondary N) is 1. The number of hydrogen-bond donors (Lipinski definition) is 1. The van der Waals surface area contributed by atoms with Crippen LogP contribution in [0.1, 0.15) is 17.8 Å². The molecule has 3 rings (SSSR count). The summed E-state index contributed by atoms with van der Waals surface area (Å²) < 4.78 is 2.33. The first-order chi connectivity index (χ1) is 5.95. The van der Waals surface area contributed by atoms with Gasteiger partial charge in [-0.1, -0.05) is 6.08 Å². The highest BCUT2D eigenvalue weighted by Crippen LogP contribution is 2.29. The first kappa shape index (κ1) is 6.35. The summed E-state index contributed by atoms with van der Waals surface area (Å²) in [6.07, 6.45) is 8.02. The smallest absolute Gasteiger partial charge is 0.0559 e. The van der Waals surface area contributed by atoms with Gasteiger partial charge in [-0.15, -0.1) is 0 Å². The molecule has 1 aromatic heterocycles. The van der Waals surface area contributed by atoms with Crippen LogP contribution in [0.4, 0.5) is 5.69 Å².